The van der Waals surface area contributed by atoms with Crippen molar-refractivity contribution >= 4 is 43.1 Å². The van der Waals surface area contributed by atoms with Gasteiger partial charge in [-0.3, -0.25) is 4.98 Å². The molecule has 0 atom stereocenters. The minimum absolute atomic E-state index is 0.127. The Morgan fingerprint density at radius 3 is 1.80 bits per heavy atom. The quantitative estimate of drug-likeness (QED) is 0.178. The van der Waals surface area contributed by atoms with Crippen molar-refractivity contribution in [3.8, 4) is 44.6 Å². The lowest BCUT2D eigenvalue weighted by Gasteiger charge is -2.24. The van der Waals surface area contributed by atoms with Crippen LogP contribution < -0.4 is 0 Å². The smallest absolute Gasteiger partial charge is 0.0780 e. The molecule has 0 radical (unpaired) electrons. The first-order chi connectivity index (χ1) is 24.1. The summed E-state index contributed by atoms with van der Waals surface area (Å²) in [6, 6.07) is 58.1. The highest BCUT2D eigenvalue weighted by Gasteiger charge is 2.37. The predicted octanol–water partition coefficient (Wildman–Crippen LogP) is 13.0. The van der Waals surface area contributed by atoms with E-state index in [1.807, 2.05) is 6.20 Å². The summed E-state index contributed by atoms with van der Waals surface area (Å²) in [6.45, 7) is 4.77. The van der Waals surface area contributed by atoms with E-state index in [1.54, 1.807) is 0 Å². The molecule has 0 saturated heterocycles. The maximum absolute atomic E-state index is 4.97. The van der Waals surface area contributed by atoms with Gasteiger partial charge in [0.15, 0.2) is 0 Å². The van der Waals surface area contributed by atoms with E-state index in [-0.39, 0.29) is 5.41 Å². The van der Waals surface area contributed by atoms with Gasteiger partial charge in [0.05, 0.1) is 5.69 Å². The highest BCUT2D eigenvalue weighted by molar-refractivity contribution is 6.25. The predicted molar refractivity (Wildman–Crippen MR) is 208 cm³/mol. The third kappa shape index (κ3) is 4.03. The van der Waals surface area contributed by atoms with Crippen LogP contribution >= 0.6 is 0 Å². The standard InChI is InChI=1S/C48H33N/c1-48(2)42-23-13-12-22-39(42)46-35-19-9-8-18-34(35)41(29-43(46)48)45-37-21-11-10-20-36(37)44(31-15-4-3-5-16-31)38-25-24-32(28-40(38)45)47-33-17-7-6-14-30(33)26-27-49-47/h3-29H,1-2H3. The van der Waals surface area contributed by atoms with Gasteiger partial charge < -0.3 is 0 Å². The normalized spacial score (nSPS) is 13.3. The van der Waals surface area contributed by atoms with E-state index in [2.05, 4.69) is 172 Å². The van der Waals surface area contributed by atoms with Crippen LogP contribution in [0.5, 0.6) is 0 Å². The Kier molecular flexibility index (Phi) is 5.99. The van der Waals surface area contributed by atoms with E-state index in [1.165, 1.54) is 82.2 Å². The molecule has 0 spiro atoms. The molecular formula is C48H33N. The Balaban J connectivity index is 1.39. The third-order valence-corrected chi connectivity index (χ3v) is 10.9. The fourth-order valence-corrected chi connectivity index (χ4v) is 8.64. The van der Waals surface area contributed by atoms with E-state index >= 15 is 0 Å². The first-order valence-electron chi connectivity index (χ1n) is 17.1. The molecule has 0 unspecified atom stereocenters. The zero-order valence-corrected chi connectivity index (χ0v) is 27.5. The second-order valence-electron chi connectivity index (χ2n) is 13.9. The van der Waals surface area contributed by atoms with Crippen molar-refractivity contribution in [1.29, 1.82) is 0 Å². The molecule has 49 heavy (non-hydrogen) atoms. The number of aromatic nitrogens is 1. The lowest BCUT2D eigenvalue weighted by molar-refractivity contribution is 0.661. The molecular weight excluding hydrogens is 591 g/mol. The van der Waals surface area contributed by atoms with Crippen LogP contribution in [0.3, 0.4) is 0 Å². The minimum atomic E-state index is -0.127. The average molecular weight is 624 g/mol. The van der Waals surface area contributed by atoms with Gasteiger partial charge in [-0.05, 0) is 100 Å². The van der Waals surface area contributed by atoms with Crippen LogP contribution in [0.2, 0.25) is 0 Å². The summed E-state index contributed by atoms with van der Waals surface area (Å²) in [4.78, 5) is 4.97. The largest absolute Gasteiger partial charge is 0.256 e. The summed E-state index contributed by atoms with van der Waals surface area (Å²) >= 11 is 0. The molecule has 0 N–H and O–H groups in total. The van der Waals surface area contributed by atoms with Gasteiger partial charge in [0, 0.05) is 22.6 Å². The van der Waals surface area contributed by atoms with E-state index < -0.39 is 0 Å². The molecule has 1 heterocycles. The molecule has 9 aromatic rings. The monoisotopic (exact) mass is 623 g/mol. The second-order valence-corrected chi connectivity index (χ2v) is 13.9. The fraction of sp³-hybridized carbons (Fsp3) is 0.0625. The average Bonchev–Trinajstić information content (AvgIpc) is 3.39. The fourth-order valence-electron chi connectivity index (χ4n) is 8.64. The van der Waals surface area contributed by atoms with Gasteiger partial charge in [-0.1, -0.05) is 153 Å². The summed E-state index contributed by atoms with van der Waals surface area (Å²) < 4.78 is 0. The van der Waals surface area contributed by atoms with Crippen molar-refractivity contribution < 1.29 is 0 Å². The van der Waals surface area contributed by atoms with Crippen molar-refractivity contribution in [3.63, 3.8) is 0 Å². The van der Waals surface area contributed by atoms with Crippen molar-refractivity contribution in [1.82, 2.24) is 4.98 Å². The van der Waals surface area contributed by atoms with Gasteiger partial charge in [-0.25, -0.2) is 0 Å². The lowest BCUT2D eigenvalue weighted by Crippen LogP contribution is -2.15. The van der Waals surface area contributed by atoms with Crippen LogP contribution in [-0.4, -0.2) is 4.98 Å². The summed E-state index contributed by atoms with van der Waals surface area (Å²) in [5, 5.41) is 9.96. The molecule has 230 valence electrons. The van der Waals surface area contributed by atoms with Crippen LogP contribution in [0.1, 0.15) is 25.0 Å². The Hall–Kier alpha value is -6.05. The molecule has 1 heteroatoms. The molecule has 0 aliphatic heterocycles. The molecule has 8 aromatic carbocycles. The van der Waals surface area contributed by atoms with Gasteiger partial charge in [0.2, 0.25) is 0 Å². The SMILES string of the molecule is CC1(C)c2ccccc2-c2c1cc(-c1c3ccccc3c(-c3ccccc3)c3ccc(-c4nccc5ccccc45)cc13)c1ccccc21. The number of benzene rings is 8. The van der Waals surface area contributed by atoms with E-state index in [0.717, 1.165) is 16.6 Å². The number of hydrogen-bond donors (Lipinski definition) is 0. The second kappa shape index (κ2) is 10.5. The molecule has 10 rings (SSSR count). The van der Waals surface area contributed by atoms with Gasteiger partial charge >= 0.3 is 0 Å². The summed E-state index contributed by atoms with van der Waals surface area (Å²) in [7, 11) is 0. The van der Waals surface area contributed by atoms with Crippen molar-refractivity contribution in [2.45, 2.75) is 19.3 Å². The van der Waals surface area contributed by atoms with Gasteiger partial charge in [0.1, 0.15) is 0 Å². The minimum Gasteiger partial charge on any atom is -0.256 e. The molecule has 0 saturated carbocycles. The summed E-state index contributed by atoms with van der Waals surface area (Å²) in [5.74, 6) is 0. The van der Waals surface area contributed by atoms with Crippen LogP contribution in [0.4, 0.5) is 0 Å². The Labute approximate surface area is 286 Å². The number of rotatable bonds is 3. The van der Waals surface area contributed by atoms with Crippen molar-refractivity contribution in [3.05, 3.63) is 175 Å². The van der Waals surface area contributed by atoms with Crippen LogP contribution in [-0.2, 0) is 5.41 Å². The number of hydrogen-bond acceptors (Lipinski definition) is 1. The zero-order chi connectivity index (χ0) is 32.7. The maximum atomic E-state index is 4.97. The zero-order valence-electron chi connectivity index (χ0n) is 27.5. The molecule has 0 bridgehead atoms. The van der Waals surface area contributed by atoms with Gasteiger partial charge in [-0.15, -0.1) is 0 Å². The molecule has 1 aliphatic rings. The van der Waals surface area contributed by atoms with Crippen LogP contribution in [0.25, 0.3) is 87.7 Å². The van der Waals surface area contributed by atoms with Crippen molar-refractivity contribution in [2.24, 2.45) is 0 Å². The van der Waals surface area contributed by atoms with Crippen LogP contribution in [0.15, 0.2) is 164 Å². The lowest BCUT2D eigenvalue weighted by atomic mass is 9.78. The van der Waals surface area contributed by atoms with Crippen LogP contribution in [0, 0.1) is 0 Å². The number of pyridine rings is 1. The first-order valence-corrected chi connectivity index (χ1v) is 17.1. The maximum Gasteiger partial charge on any atom is 0.0780 e. The highest BCUT2D eigenvalue weighted by atomic mass is 14.7. The topological polar surface area (TPSA) is 12.9 Å². The molecule has 0 fully saturated rings. The molecule has 0 amide bonds. The van der Waals surface area contributed by atoms with Crippen molar-refractivity contribution in [2.75, 3.05) is 0 Å². The molecule has 1 nitrogen and oxygen atoms in total. The Bertz CT molecular complexity index is 2780. The van der Waals surface area contributed by atoms with E-state index in [4.69, 9.17) is 4.98 Å². The van der Waals surface area contributed by atoms with Gasteiger partial charge in [0.25, 0.3) is 0 Å². The van der Waals surface area contributed by atoms with E-state index in [9.17, 15) is 0 Å². The Morgan fingerprint density at radius 1 is 0.388 bits per heavy atom. The Morgan fingerprint density at radius 2 is 1.00 bits per heavy atom. The first kappa shape index (κ1) is 28.0. The molecule has 1 aromatic heterocycles. The highest BCUT2D eigenvalue weighted by Crippen LogP contribution is 2.55. The van der Waals surface area contributed by atoms with Gasteiger partial charge in [-0.2, -0.15) is 0 Å². The number of fused-ring (bicyclic) bond motifs is 8. The van der Waals surface area contributed by atoms with E-state index in [0.29, 0.717) is 0 Å². The third-order valence-electron chi connectivity index (χ3n) is 10.9. The number of nitrogens with zero attached hydrogens (tertiary/aromatic N) is 1. The molecule has 1 aliphatic carbocycles. The summed E-state index contributed by atoms with van der Waals surface area (Å²) in [5.41, 5.74) is 12.6. The summed E-state index contributed by atoms with van der Waals surface area (Å²) in [6.07, 6.45) is 1.94.